The molecule has 6 heteroatoms. The largest absolute Gasteiger partial charge is 0.381 e. The van der Waals surface area contributed by atoms with Crippen LogP contribution in [0.25, 0.3) is 10.9 Å². The predicted octanol–water partition coefficient (Wildman–Crippen LogP) is 2.48. The maximum atomic E-state index is 5.98. The van der Waals surface area contributed by atoms with Crippen molar-refractivity contribution in [2.75, 3.05) is 25.6 Å². The molecule has 18 heavy (non-hydrogen) atoms. The van der Waals surface area contributed by atoms with Crippen molar-refractivity contribution in [1.82, 2.24) is 14.8 Å². The predicted molar refractivity (Wildman–Crippen MR) is 71.2 cm³/mol. The highest BCUT2D eigenvalue weighted by atomic mass is 35.5. The van der Waals surface area contributed by atoms with Crippen molar-refractivity contribution in [2.45, 2.75) is 18.9 Å². The van der Waals surface area contributed by atoms with Gasteiger partial charge < -0.3 is 10.1 Å². The molecule has 0 aromatic carbocycles. The number of hydrogen-bond donors (Lipinski definition) is 1. The van der Waals surface area contributed by atoms with Gasteiger partial charge in [-0.25, -0.2) is 4.98 Å². The standard InChI is InChI=1S/C12H15ClN4O/c1-14-12-9-7-17(8-2-4-18-5-3-8)16-10(9)6-11(13)15-12/h6-8H,2-5H2,1H3,(H,14,15). The zero-order valence-corrected chi connectivity index (χ0v) is 10.9. The minimum Gasteiger partial charge on any atom is -0.381 e. The summed E-state index contributed by atoms with van der Waals surface area (Å²) < 4.78 is 7.39. The molecule has 1 N–H and O–H groups in total. The number of fused-ring (bicyclic) bond motifs is 1. The molecule has 3 heterocycles. The van der Waals surface area contributed by atoms with E-state index in [1.54, 1.807) is 6.07 Å². The Morgan fingerprint density at radius 2 is 2.22 bits per heavy atom. The first-order chi connectivity index (χ1) is 8.78. The van der Waals surface area contributed by atoms with Crippen LogP contribution in [0.1, 0.15) is 18.9 Å². The summed E-state index contributed by atoms with van der Waals surface area (Å²) in [6.45, 7) is 1.61. The Balaban J connectivity index is 2.04. The van der Waals surface area contributed by atoms with Crippen LogP contribution in [0.5, 0.6) is 0 Å². The van der Waals surface area contributed by atoms with Crippen LogP contribution in [0.15, 0.2) is 12.3 Å². The van der Waals surface area contributed by atoms with Crippen molar-refractivity contribution in [3.05, 3.63) is 17.4 Å². The lowest BCUT2D eigenvalue weighted by Crippen LogP contribution is -2.19. The van der Waals surface area contributed by atoms with Crippen LogP contribution in [0.2, 0.25) is 5.15 Å². The van der Waals surface area contributed by atoms with Crippen LogP contribution >= 0.6 is 11.6 Å². The molecule has 2 aromatic heterocycles. The van der Waals surface area contributed by atoms with E-state index in [-0.39, 0.29) is 0 Å². The van der Waals surface area contributed by atoms with E-state index in [9.17, 15) is 0 Å². The molecule has 0 atom stereocenters. The Labute approximate surface area is 110 Å². The van der Waals surface area contributed by atoms with Gasteiger partial charge in [0.05, 0.1) is 16.9 Å². The van der Waals surface area contributed by atoms with E-state index in [1.165, 1.54) is 0 Å². The second-order valence-corrected chi connectivity index (χ2v) is 4.82. The van der Waals surface area contributed by atoms with Crippen LogP contribution in [-0.2, 0) is 4.74 Å². The lowest BCUT2D eigenvalue weighted by Gasteiger charge is -2.22. The Morgan fingerprint density at radius 3 is 2.94 bits per heavy atom. The van der Waals surface area contributed by atoms with Crippen molar-refractivity contribution in [3.63, 3.8) is 0 Å². The highest BCUT2D eigenvalue weighted by Gasteiger charge is 2.18. The highest BCUT2D eigenvalue weighted by molar-refractivity contribution is 6.30. The third-order valence-corrected chi connectivity index (χ3v) is 3.49. The molecule has 1 aliphatic heterocycles. The first-order valence-corrected chi connectivity index (χ1v) is 6.46. The molecule has 3 rings (SSSR count). The van der Waals surface area contributed by atoms with Gasteiger partial charge in [0.15, 0.2) is 0 Å². The summed E-state index contributed by atoms with van der Waals surface area (Å²) >= 11 is 5.98. The molecule has 1 saturated heterocycles. The Hall–Kier alpha value is -1.33. The maximum absolute atomic E-state index is 5.98. The average molecular weight is 267 g/mol. The summed E-state index contributed by atoms with van der Waals surface area (Å²) in [5.41, 5.74) is 0.880. The van der Waals surface area contributed by atoms with Gasteiger partial charge in [-0.05, 0) is 12.8 Å². The fraction of sp³-hybridized carbons (Fsp3) is 0.500. The molecule has 0 bridgehead atoms. The molecule has 5 nitrogen and oxygen atoms in total. The first kappa shape index (κ1) is 11.7. The maximum Gasteiger partial charge on any atom is 0.138 e. The molecule has 1 fully saturated rings. The summed E-state index contributed by atoms with van der Waals surface area (Å²) in [5.74, 6) is 0.774. The van der Waals surface area contributed by atoms with Gasteiger partial charge in [0.1, 0.15) is 11.0 Å². The SMILES string of the molecule is CNc1nc(Cl)cc2nn(C3CCOCC3)cc12. The molecule has 0 saturated carbocycles. The molecule has 96 valence electrons. The van der Waals surface area contributed by atoms with E-state index >= 15 is 0 Å². The second-order valence-electron chi connectivity index (χ2n) is 4.43. The molecular formula is C12H15ClN4O. The van der Waals surface area contributed by atoms with Crippen molar-refractivity contribution in [2.24, 2.45) is 0 Å². The van der Waals surface area contributed by atoms with Crippen LogP contribution in [-0.4, -0.2) is 35.0 Å². The minimum atomic E-state index is 0.412. The Bertz CT molecular complexity index is 562. The molecule has 0 spiro atoms. The normalized spacial score (nSPS) is 17.2. The number of hydrogen-bond acceptors (Lipinski definition) is 4. The molecular weight excluding hydrogens is 252 g/mol. The number of halogens is 1. The molecule has 0 aliphatic carbocycles. The van der Waals surface area contributed by atoms with Crippen LogP contribution in [0.4, 0.5) is 5.82 Å². The summed E-state index contributed by atoms with van der Waals surface area (Å²) in [6.07, 6.45) is 4.05. The first-order valence-electron chi connectivity index (χ1n) is 6.09. The van der Waals surface area contributed by atoms with Crippen molar-refractivity contribution in [1.29, 1.82) is 0 Å². The molecule has 0 radical (unpaired) electrons. The van der Waals surface area contributed by atoms with E-state index in [1.807, 2.05) is 17.9 Å². The fourth-order valence-corrected chi connectivity index (χ4v) is 2.52. The van der Waals surface area contributed by atoms with Gasteiger partial charge in [0.2, 0.25) is 0 Å². The minimum absolute atomic E-state index is 0.412. The Morgan fingerprint density at radius 1 is 1.44 bits per heavy atom. The number of anilines is 1. The summed E-state index contributed by atoms with van der Waals surface area (Å²) in [5, 5.41) is 9.13. The number of aromatic nitrogens is 3. The third-order valence-electron chi connectivity index (χ3n) is 3.29. The van der Waals surface area contributed by atoms with Gasteiger partial charge in [0, 0.05) is 32.5 Å². The van der Waals surface area contributed by atoms with Gasteiger partial charge in [-0.3, -0.25) is 4.68 Å². The Kier molecular flexibility index (Phi) is 3.09. The van der Waals surface area contributed by atoms with E-state index in [4.69, 9.17) is 16.3 Å². The summed E-state index contributed by atoms with van der Waals surface area (Å²) in [6, 6.07) is 2.21. The van der Waals surface area contributed by atoms with Crippen LogP contribution in [0.3, 0.4) is 0 Å². The number of nitrogens with one attached hydrogen (secondary N) is 1. The molecule has 0 unspecified atom stereocenters. The van der Waals surface area contributed by atoms with Crippen LogP contribution in [0, 0.1) is 0 Å². The highest BCUT2D eigenvalue weighted by Crippen LogP contribution is 2.27. The van der Waals surface area contributed by atoms with Gasteiger partial charge >= 0.3 is 0 Å². The lowest BCUT2D eigenvalue weighted by atomic mass is 10.1. The van der Waals surface area contributed by atoms with Crippen molar-refractivity contribution >= 4 is 28.3 Å². The average Bonchev–Trinajstić information content (AvgIpc) is 2.82. The smallest absolute Gasteiger partial charge is 0.138 e. The van der Waals surface area contributed by atoms with Gasteiger partial charge in [-0.2, -0.15) is 5.10 Å². The quantitative estimate of drug-likeness (QED) is 0.849. The van der Waals surface area contributed by atoms with Gasteiger partial charge in [0.25, 0.3) is 0 Å². The fourth-order valence-electron chi connectivity index (χ4n) is 2.33. The van der Waals surface area contributed by atoms with Crippen LogP contribution < -0.4 is 5.32 Å². The summed E-state index contributed by atoms with van der Waals surface area (Å²) in [4.78, 5) is 4.25. The lowest BCUT2D eigenvalue weighted by molar-refractivity contribution is 0.0664. The van der Waals surface area contributed by atoms with Crippen molar-refractivity contribution < 1.29 is 4.74 Å². The number of pyridine rings is 1. The van der Waals surface area contributed by atoms with Gasteiger partial charge in [-0.1, -0.05) is 11.6 Å². The summed E-state index contributed by atoms with van der Waals surface area (Å²) in [7, 11) is 1.84. The number of nitrogens with zero attached hydrogens (tertiary/aromatic N) is 3. The molecule has 2 aromatic rings. The second kappa shape index (κ2) is 4.74. The number of ether oxygens (including phenoxy) is 1. The van der Waals surface area contributed by atoms with E-state index in [0.717, 1.165) is 42.8 Å². The van der Waals surface area contributed by atoms with E-state index in [2.05, 4.69) is 15.4 Å². The molecule has 0 amide bonds. The van der Waals surface area contributed by atoms with Crippen molar-refractivity contribution in [3.8, 4) is 0 Å². The number of rotatable bonds is 2. The monoisotopic (exact) mass is 266 g/mol. The third kappa shape index (κ3) is 2.04. The van der Waals surface area contributed by atoms with E-state index in [0.29, 0.717) is 11.2 Å². The zero-order valence-electron chi connectivity index (χ0n) is 10.2. The van der Waals surface area contributed by atoms with E-state index < -0.39 is 0 Å². The zero-order chi connectivity index (χ0) is 12.5. The molecule has 1 aliphatic rings. The topological polar surface area (TPSA) is 52.0 Å². The van der Waals surface area contributed by atoms with Gasteiger partial charge in [-0.15, -0.1) is 0 Å².